The zero-order chi connectivity index (χ0) is 40.3. The number of fused-ring (bicyclic) bond motifs is 7. The fourth-order valence-electron chi connectivity index (χ4n) is 9.92. The third kappa shape index (κ3) is 5.64. The molecule has 0 N–H and O–H groups in total. The van der Waals surface area contributed by atoms with Crippen LogP contribution in [0.15, 0.2) is 241 Å². The molecule has 1 aliphatic carbocycles. The number of hydrogen-bond acceptors (Lipinski definition) is 2. The van der Waals surface area contributed by atoms with Crippen molar-refractivity contribution in [3.8, 4) is 33.4 Å². The predicted octanol–water partition coefficient (Wildman–Crippen LogP) is 15.9. The minimum Gasteiger partial charge on any atom is -0.456 e. The average Bonchev–Trinajstić information content (AvgIpc) is 3.86. The third-order valence-electron chi connectivity index (χ3n) is 12.7. The maximum absolute atomic E-state index is 6.28. The maximum atomic E-state index is 6.28. The summed E-state index contributed by atoms with van der Waals surface area (Å²) in [5.74, 6) is 0. The standard InChI is InChI=1S/C59H39NO/c1-3-17-46(18-4-1)59(47-19-5-2-6-20-47)55-24-11-9-22-51(55)52-34-30-45(38-56(52)59)41-28-31-48(32-29-41)60(50-33-35-58-54(39-50)53-23-10-12-25-57(53)61-58)49-21-13-16-43(37-49)44-27-26-40-14-7-8-15-42(40)36-44/h1-39H. The lowest BCUT2D eigenvalue weighted by Gasteiger charge is -2.34. The Hall–Kier alpha value is -7.94. The largest absolute Gasteiger partial charge is 0.456 e. The Morgan fingerprint density at radius 3 is 1.72 bits per heavy atom. The lowest BCUT2D eigenvalue weighted by Crippen LogP contribution is -2.28. The Labute approximate surface area is 355 Å². The van der Waals surface area contributed by atoms with E-state index in [1.165, 1.54) is 66.4 Å². The number of hydrogen-bond donors (Lipinski definition) is 0. The van der Waals surface area contributed by atoms with Gasteiger partial charge in [-0.2, -0.15) is 0 Å². The van der Waals surface area contributed by atoms with E-state index in [1.807, 2.05) is 12.1 Å². The van der Waals surface area contributed by atoms with Crippen molar-refractivity contribution in [2.45, 2.75) is 5.41 Å². The molecule has 2 nitrogen and oxygen atoms in total. The molecule has 12 rings (SSSR count). The van der Waals surface area contributed by atoms with Gasteiger partial charge in [-0.05, 0) is 127 Å². The van der Waals surface area contributed by atoms with Crippen LogP contribution < -0.4 is 4.90 Å². The summed E-state index contributed by atoms with van der Waals surface area (Å²) in [5.41, 5.74) is 17.0. The highest BCUT2D eigenvalue weighted by molar-refractivity contribution is 6.06. The number of benzene rings is 10. The van der Waals surface area contributed by atoms with Gasteiger partial charge in [-0.15, -0.1) is 0 Å². The summed E-state index contributed by atoms with van der Waals surface area (Å²) in [6.07, 6.45) is 0. The molecule has 61 heavy (non-hydrogen) atoms. The lowest BCUT2D eigenvalue weighted by atomic mass is 9.67. The molecule has 0 unspecified atom stereocenters. The summed E-state index contributed by atoms with van der Waals surface area (Å²) in [6, 6.07) is 86.1. The Morgan fingerprint density at radius 1 is 0.311 bits per heavy atom. The molecular formula is C59H39NO. The summed E-state index contributed by atoms with van der Waals surface area (Å²) in [5, 5.41) is 4.68. The molecule has 0 saturated carbocycles. The predicted molar refractivity (Wildman–Crippen MR) is 254 cm³/mol. The van der Waals surface area contributed by atoms with Crippen LogP contribution in [-0.2, 0) is 5.41 Å². The molecule has 2 heteroatoms. The Bertz CT molecular complexity index is 3380. The molecule has 0 fully saturated rings. The first kappa shape index (κ1) is 35.0. The second-order valence-electron chi connectivity index (χ2n) is 16.1. The molecule has 0 bridgehead atoms. The van der Waals surface area contributed by atoms with E-state index in [9.17, 15) is 0 Å². The van der Waals surface area contributed by atoms with Crippen molar-refractivity contribution in [1.29, 1.82) is 0 Å². The van der Waals surface area contributed by atoms with E-state index in [0.717, 1.165) is 39.0 Å². The molecule has 11 aromatic rings. The Balaban J connectivity index is 0.996. The number of para-hydroxylation sites is 1. The van der Waals surface area contributed by atoms with Crippen LogP contribution in [0.1, 0.15) is 22.3 Å². The van der Waals surface area contributed by atoms with Crippen LogP contribution in [-0.4, -0.2) is 0 Å². The van der Waals surface area contributed by atoms with Crippen LogP contribution >= 0.6 is 0 Å². The summed E-state index contributed by atoms with van der Waals surface area (Å²) < 4.78 is 6.28. The van der Waals surface area contributed by atoms with Crippen LogP contribution in [0.5, 0.6) is 0 Å². The first-order valence-corrected chi connectivity index (χ1v) is 21.0. The fraction of sp³-hybridized carbons (Fsp3) is 0.0169. The molecule has 0 radical (unpaired) electrons. The zero-order valence-electron chi connectivity index (χ0n) is 33.4. The second-order valence-corrected chi connectivity index (χ2v) is 16.1. The van der Waals surface area contributed by atoms with Gasteiger partial charge in [0.05, 0.1) is 5.41 Å². The first-order valence-electron chi connectivity index (χ1n) is 21.0. The Morgan fingerprint density at radius 2 is 0.902 bits per heavy atom. The quantitative estimate of drug-likeness (QED) is 0.160. The normalized spacial score (nSPS) is 12.7. The van der Waals surface area contributed by atoms with Crippen molar-refractivity contribution >= 4 is 49.8 Å². The highest BCUT2D eigenvalue weighted by Gasteiger charge is 2.46. The van der Waals surface area contributed by atoms with Crippen molar-refractivity contribution in [1.82, 2.24) is 0 Å². The van der Waals surface area contributed by atoms with E-state index in [1.54, 1.807) is 0 Å². The van der Waals surface area contributed by atoms with Gasteiger partial charge in [0.25, 0.3) is 0 Å². The van der Waals surface area contributed by atoms with E-state index in [0.29, 0.717) is 0 Å². The van der Waals surface area contributed by atoms with Gasteiger partial charge < -0.3 is 9.32 Å². The topological polar surface area (TPSA) is 16.4 Å². The highest BCUT2D eigenvalue weighted by atomic mass is 16.3. The molecule has 0 atom stereocenters. The summed E-state index contributed by atoms with van der Waals surface area (Å²) in [7, 11) is 0. The molecule has 10 aromatic carbocycles. The van der Waals surface area contributed by atoms with Gasteiger partial charge in [-0.3, -0.25) is 0 Å². The van der Waals surface area contributed by atoms with Gasteiger partial charge >= 0.3 is 0 Å². The molecule has 0 aliphatic heterocycles. The number of anilines is 3. The van der Waals surface area contributed by atoms with E-state index in [2.05, 4.69) is 229 Å². The van der Waals surface area contributed by atoms with Crippen molar-refractivity contribution in [2.24, 2.45) is 0 Å². The van der Waals surface area contributed by atoms with Crippen LogP contribution in [0.25, 0.3) is 66.1 Å². The van der Waals surface area contributed by atoms with Gasteiger partial charge in [0.2, 0.25) is 0 Å². The van der Waals surface area contributed by atoms with Gasteiger partial charge in [0.1, 0.15) is 11.2 Å². The number of furan rings is 1. The molecular weight excluding hydrogens is 739 g/mol. The first-order chi connectivity index (χ1) is 30.2. The van der Waals surface area contributed by atoms with Gasteiger partial charge in [-0.25, -0.2) is 0 Å². The molecule has 1 aromatic heterocycles. The zero-order valence-corrected chi connectivity index (χ0v) is 33.4. The smallest absolute Gasteiger partial charge is 0.135 e. The van der Waals surface area contributed by atoms with E-state index >= 15 is 0 Å². The van der Waals surface area contributed by atoms with Gasteiger partial charge in [-0.1, -0.05) is 176 Å². The minimum atomic E-state index is -0.451. The molecule has 0 spiro atoms. The molecule has 1 aliphatic rings. The fourth-order valence-corrected chi connectivity index (χ4v) is 9.92. The summed E-state index contributed by atoms with van der Waals surface area (Å²) in [6.45, 7) is 0. The van der Waals surface area contributed by atoms with Gasteiger partial charge in [0, 0.05) is 27.8 Å². The second kappa shape index (κ2) is 14.1. The summed E-state index contributed by atoms with van der Waals surface area (Å²) >= 11 is 0. The van der Waals surface area contributed by atoms with Crippen molar-refractivity contribution in [3.63, 3.8) is 0 Å². The SMILES string of the molecule is c1ccc(C2(c3ccccc3)c3ccccc3-c3ccc(-c4ccc(N(c5cccc(-c6ccc7ccccc7c6)c5)c5ccc6oc7ccccc7c6c5)cc4)cc32)cc1. The number of rotatable bonds is 7. The van der Waals surface area contributed by atoms with Crippen LogP contribution in [0.4, 0.5) is 17.1 Å². The molecule has 286 valence electrons. The van der Waals surface area contributed by atoms with E-state index < -0.39 is 5.41 Å². The average molecular weight is 778 g/mol. The van der Waals surface area contributed by atoms with Crippen molar-refractivity contribution in [3.05, 3.63) is 259 Å². The van der Waals surface area contributed by atoms with Gasteiger partial charge in [0.15, 0.2) is 0 Å². The minimum absolute atomic E-state index is 0.451. The summed E-state index contributed by atoms with van der Waals surface area (Å²) in [4.78, 5) is 2.37. The monoisotopic (exact) mass is 777 g/mol. The Kier molecular flexibility index (Phi) is 8.11. The molecule has 0 saturated heterocycles. The highest BCUT2D eigenvalue weighted by Crippen LogP contribution is 2.56. The van der Waals surface area contributed by atoms with Crippen LogP contribution in [0.3, 0.4) is 0 Å². The number of nitrogens with zero attached hydrogens (tertiary/aromatic N) is 1. The third-order valence-corrected chi connectivity index (χ3v) is 12.7. The molecule has 0 amide bonds. The maximum Gasteiger partial charge on any atom is 0.135 e. The van der Waals surface area contributed by atoms with Crippen molar-refractivity contribution < 1.29 is 4.42 Å². The molecule has 1 heterocycles. The van der Waals surface area contributed by atoms with E-state index in [-0.39, 0.29) is 0 Å². The van der Waals surface area contributed by atoms with Crippen LogP contribution in [0, 0.1) is 0 Å². The van der Waals surface area contributed by atoms with E-state index in [4.69, 9.17) is 4.42 Å². The lowest BCUT2D eigenvalue weighted by molar-refractivity contribution is 0.669. The van der Waals surface area contributed by atoms with Crippen LogP contribution in [0.2, 0.25) is 0 Å². The van der Waals surface area contributed by atoms with Crippen molar-refractivity contribution in [2.75, 3.05) is 4.90 Å².